The maximum atomic E-state index is 11.9. The normalized spacial score (nSPS) is 10.5. The van der Waals surface area contributed by atoms with Gasteiger partial charge in [-0.2, -0.15) is 5.10 Å². The number of hydrogen-bond acceptors (Lipinski definition) is 6. The molecule has 0 aliphatic rings. The number of aryl methyl sites for hydroxylation is 3. The van der Waals surface area contributed by atoms with E-state index in [1.165, 1.54) is 18.5 Å². The van der Waals surface area contributed by atoms with Crippen LogP contribution in [0, 0.1) is 37.8 Å². The predicted molar refractivity (Wildman–Crippen MR) is 93.9 cm³/mol. The molecular weight excluding hydrogens is 340 g/mol. The number of carbonyl (C=O) groups is 2. The first-order valence-electron chi connectivity index (χ1n) is 7.90. The number of rotatable bonds is 6. The van der Waals surface area contributed by atoms with Crippen LogP contribution in [0.1, 0.15) is 22.5 Å². The SMILES string of the molecule is Cc1ccc(NC(=O)COC(=O)Cn2nc(C)c([N+](=O)[O-])c2C)cc1C. The molecule has 1 N–H and O–H groups in total. The molecule has 9 heteroatoms. The molecule has 0 radical (unpaired) electrons. The summed E-state index contributed by atoms with van der Waals surface area (Å²) in [6.07, 6.45) is 0. The molecule has 0 fully saturated rings. The van der Waals surface area contributed by atoms with Crippen LogP contribution in [0.3, 0.4) is 0 Å². The third-order valence-electron chi connectivity index (χ3n) is 3.96. The summed E-state index contributed by atoms with van der Waals surface area (Å²) in [6, 6.07) is 5.47. The van der Waals surface area contributed by atoms with Crippen molar-refractivity contribution in [3.05, 3.63) is 50.8 Å². The summed E-state index contributed by atoms with van der Waals surface area (Å²) in [5.41, 5.74) is 3.09. The number of nitrogens with one attached hydrogen (secondary N) is 1. The zero-order chi connectivity index (χ0) is 19.4. The average molecular weight is 360 g/mol. The van der Waals surface area contributed by atoms with Crippen molar-refractivity contribution in [2.45, 2.75) is 34.2 Å². The molecule has 2 aromatic rings. The molecule has 26 heavy (non-hydrogen) atoms. The highest BCUT2D eigenvalue weighted by molar-refractivity contribution is 5.92. The maximum Gasteiger partial charge on any atom is 0.328 e. The first-order valence-corrected chi connectivity index (χ1v) is 7.90. The molecule has 0 saturated carbocycles. The van der Waals surface area contributed by atoms with Crippen LogP contribution in [0.5, 0.6) is 0 Å². The standard InChI is InChI=1S/C17H20N4O5/c1-10-5-6-14(7-11(10)2)18-15(22)9-26-16(23)8-20-13(4)17(21(24)25)12(3)19-20/h5-7H,8-9H2,1-4H3,(H,18,22). The van der Waals surface area contributed by atoms with Crippen molar-refractivity contribution in [1.82, 2.24) is 9.78 Å². The Hall–Kier alpha value is -3.23. The first kappa shape index (κ1) is 19.1. The van der Waals surface area contributed by atoms with Crippen LogP contribution in [0.2, 0.25) is 0 Å². The number of nitrogens with zero attached hydrogens (tertiary/aromatic N) is 3. The maximum absolute atomic E-state index is 11.9. The summed E-state index contributed by atoms with van der Waals surface area (Å²) in [7, 11) is 0. The molecule has 0 aliphatic carbocycles. The third kappa shape index (κ3) is 4.44. The largest absolute Gasteiger partial charge is 0.454 e. The lowest BCUT2D eigenvalue weighted by Gasteiger charge is -2.09. The van der Waals surface area contributed by atoms with Crippen molar-refractivity contribution in [2.24, 2.45) is 0 Å². The van der Waals surface area contributed by atoms with E-state index in [0.29, 0.717) is 5.69 Å². The Labute approximate surface area is 150 Å². The highest BCUT2D eigenvalue weighted by Gasteiger charge is 2.23. The molecule has 0 saturated heterocycles. The molecule has 0 atom stereocenters. The molecule has 1 heterocycles. The summed E-state index contributed by atoms with van der Waals surface area (Å²) < 4.78 is 6.11. The highest BCUT2D eigenvalue weighted by Crippen LogP contribution is 2.21. The minimum Gasteiger partial charge on any atom is -0.454 e. The van der Waals surface area contributed by atoms with Gasteiger partial charge < -0.3 is 10.1 Å². The van der Waals surface area contributed by atoms with Crippen LogP contribution in [0.4, 0.5) is 11.4 Å². The summed E-state index contributed by atoms with van der Waals surface area (Å²) >= 11 is 0. The van der Waals surface area contributed by atoms with Crippen LogP contribution in [0.15, 0.2) is 18.2 Å². The molecule has 9 nitrogen and oxygen atoms in total. The van der Waals surface area contributed by atoms with Gasteiger partial charge in [-0.3, -0.25) is 24.4 Å². The Morgan fingerprint density at radius 3 is 2.50 bits per heavy atom. The van der Waals surface area contributed by atoms with Crippen molar-refractivity contribution in [2.75, 3.05) is 11.9 Å². The van der Waals surface area contributed by atoms with Crippen molar-refractivity contribution in [3.8, 4) is 0 Å². The van der Waals surface area contributed by atoms with E-state index in [2.05, 4.69) is 10.4 Å². The fraction of sp³-hybridized carbons (Fsp3) is 0.353. The quantitative estimate of drug-likeness (QED) is 0.479. The summed E-state index contributed by atoms with van der Waals surface area (Å²) in [6.45, 7) is 6.12. The number of hydrogen-bond donors (Lipinski definition) is 1. The van der Waals surface area contributed by atoms with E-state index < -0.39 is 23.4 Å². The lowest BCUT2D eigenvalue weighted by atomic mass is 10.1. The van der Waals surface area contributed by atoms with Crippen molar-refractivity contribution >= 4 is 23.3 Å². The topological polar surface area (TPSA) is 116 Å². The second-order valence-electron chi connectivity index (χ2n) is 5.94. The van der Waals surface area contributed by atoms with E-state index in [9.17, 15) is 19.7 Å². The second-order valence-corrected chi connectivity index (χ2v) is 5.94. The number of ether oxygens (including phenoxy) is 1. The number of nitro groups is 1. The predicted octanol–water partition coefficient (Wildman–Crippen LogP) is 2.21. The summed E-state index contributed by atoms with van der Waals surface area (Å²) in [5.74, 6) is -1.18. The number of benzene rings is 1. The lowest BCUT2D eigenvalue weighted by molar-refractivity contribution is -0.386. The average Bonchev–Trinajstić information content (AvgIpc) is 2.83. The Bertz CT molecular complexity index is 872. The van der Waals surface area contributed by atoms with Gasteiger partial charge in [-0.25, -0.2) is 0 Å². The number of esters is 1. The molecule has 1 amide bonds. The van der Waals surface area contributed by atoms with Crippen molar-refractivity contribution in [1.29, 1.82) is 0 Å². The zero-order valence-corrected chi connectivity index (χ0v) is 15.0. The van der Waals surface area contributed by atoms with E-state index in [4.69, 9.17) is 4.74 Å². The number of carbonyl (C=O) groups excluding carboxylic acids is 2. The molecule has 0 bridgehead atoms. The summed E-state index contributed by atoms with van der Waals surface area (Å²) in [5, 5.41) is 17.6. The Kier molecular flexibility index (Phi) is 5.71. The van der Waals surface area contributed by atoms with Crippen LogP contribution in [-0.4, -0.2) is 33.2 Å². The first-order chi connectivity index (χ1) is 12.2. The third-order valence-corrected chi connectivity index (χ3v) is 3.96. The van der Waals surface area contributed by atoms with E-state index in [0.717, 1.165) is 11.1 Å². The van der Waals surface area contributed by atoms with E-state index in [1.54, 1.807) is 6.07 Å². The number of amides is 1. The molecule has 138 valence electrons. The molecule has 2 rings (SSSR count). The monoisotopic (exact) mass is 360 g/mol. The Morgan fingerprint density at radius 2 is 1.92 bits per heavy atom. The minimum atomic E-state index is -0.708. The van der Waals surface area contributed by atoms with E-state index in [-0.39, 0.29) is 23.6 Å². The van der Waals surface area contributed by atoms with Crippen molar-refractivity contribution < 1.29 is 19.2 Å². The van der Waals surface area contributed by atoms with Gasteiger partial charge >= 0.3 is 11.7 Å². The van der Waals surface area contributed by atoms with Gasteiger partial charge in [0.05, 0.1) is 4.92 Å². The minimum absolute atomic E-state index is 0.134. The van der Waals surface area contributed by atoms with Gasteiger partial charge in [0, 0.05) is 5.69 Å². The van der Waals surface area contributed by atoms with Gasteiger partial charge in [0.1, 0.15) is 17.9 Å². The van der Waals surface area contributed by atoms with Gasteiger partial charge in [0.25, 0.3) is 5.91 Å². The fourth-order valence-electron chi connectivity index (χ4n) is 2.44. The van der Waals surface area contributed by atoms with Crippen LogP contribution >= 0.6 is 0 Å². The van der Waals surface area contributed by atoms with E-state index in [1.807, 2.05) is 26.0 Å². The van der Waals surface area contributed by atoms with Gasteiger partial charge in [0.2, 0.25) is 0 Å². The van der Waals surface area contributed by atoms with Crippen LogP contribution in [0.25, 0.3) is 0 Å². The smallest absolute Gasteiger partial charge is 0.328 e. The van der Waals surface area contributed by atoms with Gasteiger partial charge in [0.15, 0.2) is 6.61 Å². The molecule has 0 unspecified atom stereocenters. The zero-order valence-electron chi connectivity index (χ0n) is 15.0. The Balaban J connectivity index is 1.90. The van der Waals surface area contributed by atoms with Gasteiger partial charge in [-0.15, -0.1) is 0 Å². The molecule has 0 aliphatic heterocycles. The number of anilines is 1. The van der Waals surface area contributed by atoms with Crippen LogP contribution < -0.4 is 5.32 Å². The molecule has 0 spiro atoms. The van der Waals surface area contributed by atoms with E-state index >= 15 is 0 Å². The number of aromatic nitrogens is 2. The van der Waals surface area contributed by atoms with Crippen LogP contribution in [-0.2, 0) is 20.9 Å². The van der Waals surface area contributed by atoms with Gasteiger partial charge in [-0.1, -0.05) is 6.07 Å². The highest BCUT2D eigenvalue weighted by atomic mass is 16.6. The summed E-state index contributed by atoms with van der Waals surface area (Å²) in [4.78, 5) is 34.2. The fourth-order valence-corrected chi connectivity index (χ4v) is 2.44. The second kappa shape index (κ2) is 7.77. The Morgan fingerprint density at radius 1 is 1.23 bits per heavy atom. The molecular formula is C17H20N4O5. The molecule has 1 aromatic carbocycles. The molecule has 1 aromatic heterocycles. The lowest BCUT2D eigenvalue weighted by Crippen LogP contribution is -2.23. The van der Waals surface area contributed by atoms with Gasteiger partial charge in [-0.05, 0) is 51.0 Å². The van der Waals surface area contributed by atoms with Crippen molar-refractivity contribution in [3.63, 3.8) is 0 Å².